The topological polar surface area (TPSA) is 84.2 Å². The van der Waals surface area contributed by atoms with Gasteiger partial charge in [-0.05, 0) is 23.6 Å². The number of carbonyl (C=O) groups excluding carboxylic acids is 2. The van der Waals surface area contributed by atoms with E-state index >= 15 is 0 Å². The van der Waals surface area contributed by atoms with Crippen LogP contribution in [0.25, 0.3) is 0 Å². The first-order chi connectivity index (χ1) is 12.5. The third kappa shape index (κ3) is 6.70. The zero-order valence-corrected chi connectivity index (χ0v) is 16.5. The molecular weight excluding hydrogens is 362 g/mol. The molecular formula is C21H28ClN3O2. The van der Waals surface area contributed by atoms with E-state index in [9.17, 15) is 9.59 Å². The van der Waals surface area contributed by atoms with Crippen molar-refractivity contribution < 1.29 is 9.59 Å². The van der Waals surface area contributed by atoms with Crippen molar-refractivity contribution >= 4 is 24.2 Å². The van der Waals surface area contributed by atoms with Gasteiger partial charge in [0.1, 0.15) is 6.04 Å². The molecule has 6 heteroatoms. The molecule has 0 radical (unpaired) electrons. The number of halogens is 1. The molecule has 2 aromatic rings. The molecule has 0 spiro atoms. The molecule has 0 bridgehead atoms. The highest BCUT2D eigenvalue weighted by Crippen LogP contribution is 2.11. The molecule has 146 valence electrons. The van der Waals surface area contributed by atoms with E-state index < -0.39 is 6.04 Å². The lowest BCUT2D eigenvalue weighted by Crippen LogP contribution is -2.51. The van der Waals surface area contributed by atoms with Crippen LogP contribution >= 0.6 is 12.4 Å². The molecule has 0 aliphatic rings. The van der Waals surface area contributed by atoms with E-state index in [1.54, 1.807) is 24.3 Å². The van der Waals surface area contributed by atoms with Crippen molar-refractivity contribution in [3.8, 4) is 0 Å². The molecule has 0 heterocycles. The van der Waals surface area contributed by atoms with Crippen LogP contribution in [0.2, 0.25) is 0 Å². The number of nitrogens with one attached hydrogen (secondary N) is 2. The number of rotatable bonds is 8. The number of nitrogens with two attached hydrogens (primary N) is 1. The van der Waals surface area contributed by atoms with Gasteiger partial charge in [0.25, 0.3) is 5.91 Å². The Kier molecular flexibility index (Phi) is 9.54. The fourth-order valence-corrected chi connectivity index (χ4v) is 2.65. The van der Waals surface area contributed by atoms with Crippen molar-refractivity contribution in [1.29, 1.82) is 0 Å². The summed E-state index contributed by atoms with van der Waals surface area (Å²) in [6, 6.07) is 17.6. The van der Waals surface area contributed by atoms with Crippen molar-refractivity contribution in [2.75, 3.05) is 6.54 Å². The molecule has 2 amide bonds. The van der Waals surface area contributed by atoms with Gasteiger partial charge in [0, 0.05) is 18.2 Å². The largest absolute Gasteiger partial charge is 0.352 e. The number of carbonyl (C=O) groups is 2. The van der Waals surface area contributed by atoms with Gasteiger partial charge >= 0.3 is 0 Å². The summed E-state index contributed by atoms with van der Waals surface area (Å²) in [5, 5.41) is 5.73. The molecule has 0 aliphatic carbocycles. The number of hydrogen-bond donors (Lipinski definition) is 3. The molecule has 3 atom stereocenters. The Morgan fingerprint density at radius 2 is 1.56 bits per heavy atom. The maximum Gasteiger partial charge on any atom is 0.251 e. The van der Waals surface area contributed by atoms with Crippen molar-refractivity contribution in [2.24, 2.45) is 11.7 Å². The third-order valence-electron chi connectivity index (χ3n) is 4.54. The third-order valence-corrected chi connectivity index (χ3v) is 4.54. The highest BCUT2D eigenvalue weighted by atomic mass is 35.5. The molecule has 0 fully saturated rings. The Morgan fingerprint density at radius 3 is 2.11 bits per heavy atom. The molecule has 0 saturated heterocycles. The summed E-state index contributed by atoms with van der Waals surface area (Å²) in [5.74, 6) is -0.455. The molecule has 27 heavy (non-hydrogen) atoms. The first kappa shape index (κ1) is 22.7. The highest BCUT2D eigenvalue weighted by molar-refractivity contribution is 5.97. The van der Waals surface area contributed by atoms with Crippen LogP contribution in [0.3, 0.4) is 0 Å². The van der Waals surface area contributed by atoms with Crippen LogP contribution < -0.4 is 16.4 Å². The van der Waals surface area contributed by atoms with Crippen molar-refractivity contribution in [2.45, 2.75) is 32.4 Å². The zero-order valence-electron chi connectivity index (χ0n) is 15.7. The van der Waals surface area contributed by atoms with Gasteiger partial charge in [0.05, 0.1) is 0 Å². The minimum Gasteiger partial charge on any atom is -0.352 e. The van der Waals surface area contributed by atoms with Gasteiger partial charge in [0.15, 0.2) is 0 Å². The van der Waals surface area contributed by atoms with E-state index in [4.69, 9.17) is 5.73 Å². The highest BCUT2D eigenvalue weighted by Gasteiger charge is 2.26. The van der Waals surface area contributed by atoms with Crippen LogP contribution in [0.5, 0.6) is 0 Å². The van der Waals surface area contributed by atoms with Gasteiger partial charge in [-0.3, -0.25) is 9.59 Å². The first-order valence-corrected chi connectivity index (χ1v) is 8.97. The van der Waals surface area contributed by atoms with E-state index in [1.807, 2.05) is 50.2 Å². The van der Waals surface area contributed by atoms with Gasteiger partial charge in [-0.2, -0.15) is 0 Å². The van der Waals surface area contributed by atoms with Crippen LogP contribution in [-0.2, 0) is 4.79 Å². The van der Waals surface area contributed by atoms with E-state index in [1.165, 1.54) is 0 Å². The predicted octanol–water partition coefficient (Wildman–Crippen LogP) is 3.07. The molecule has 5 nitrogen and oxygen atoms in total. The van der Waals surface area contributed by atoms with Crippen molar-refractivity contribution in [3.05, 3.63) is 71.8 Å². The van der Waals surface area contributed by atoms with Crippen LogP contribution in [0, 0.1) is 5.92 Å². The average molecular weight is 390 g/mol. The molecule has 2 aromatic carbocycles. The first-order valence-electron chi connectivity index (χ1n) is 8.97. The van der Waals surface area contributed by atoms with E-state index in [0.717, 1.165) is 12.0 Å². The van der Waals surface area contributed by atoms with Crippen molar-refractivity contribution in [3.63, 3.8) is 0 Å². The summed E-state index contributed by atoms with van der Waals surface area (Å²) in [4.78, 5) is 25.1. The minimum atomic E-state index is -0.601. The molecule has 0 aromatic heterocycles. The Bertz CT molecular complexity index is 710. The quantitative estimate of drug-likeness (QED) is 0.648. The Labute approximate surface area is 167 Å². The van der Waals surface area contributed by atoms with Crippen LogP contribution in [-0.4, -0.2) is 24.4 Å². The van der Waals surface area contributed by atoms with Crippen molar-refractivity contribution in [1.82, 2.24) is 10.6 Å². The van der Waals surface area contributed by atoms with Gasteiger partial charge in [-0.15, -0.1) is 12.4 Å². The second-order valence-corrected chi connectivity index (χ2v) is 6.47. The van der Waals surface area contributed by atoms with Crippen LogP contribution in [0.4, 0.5) is 0 Å². The second kappa shape index (κ2) is 11.4. The fraction of sp³-hybridized carbons (Fsp3) is 0.333. The zero-order chi connectivity index (χ0) is 18.9. The minimum absolute atomic E-state index is 0. The summed E-state index contributed by atoms with van der Waals surface area (Å²) >= 11 is 0. The SMILES string of the molecule is CCC(C)C(NC(=O)c1ccccc1)C(=O)NCC(N)c1ccccc1.Cl. The van der Waals surface area contributed by atoms with Gasteiger partial charge in [-0.25, -0.2) is 0 Å². The fourth-order valence-electron chi connectivity index (χ4n) is 2.65. The van der Waals surface area contributed by atoms with Gasteiger partial charge in [-0.1, -0.05) is 68.8 Å². The monoisotopic (exact) mass is 389 g/mol. The van der Waals surface area contributed by atoms with E-state index in [-0.39, 0.29) is 36.2 Å². The van der Waals surface area contributed by atoms with E-state index in [2.05, 4.69) is 10.6 Å². The number of benzene rings is 2. The lowest BCUT2D eigenvalue weighted by atomic mass is 9.97. The summed E-state index contributed by atoms with van der Waals surface area (Å²) < 4.78 is 0. The summed E-state index contributed by atoms with van der Waals surface area (Å²) in [6.45, 7) is 4.26. The van der Waals surface area contributed by atoms with Gasteiger partial charge in [0.2, 0.25) is 5.91 Å². The molecule has 0 saturated carbocycles. The van der Waals surface area contributed by atoms with Gasteiger partial charge < -0.3 is 16.4 Å². The Morgan fingerprint density at radius 1 is 1.00 bits per heavy atom. The maximum absolute atomic E-state index is 12.7. The number of amides is 2. The molecule has 2 rings (SSSR count). The van der Waals surface area contributed by atoms with Crippen LogP contribution in [0.15, 0.2) is 60.7 Å². The Hall–Kier alpha value is -2.37. The van der Waals surface area contributed by atoms with Crippen LogP contribution in [0.1, 0.15) is 42.2 Å². The molecule has 3 unspecified atom stereocenters. The lowest BCUT2D eigenvalue weighted by molar-refractivity contribution is -0.124. The maximum atomic E-state index is 12.7. The van der Waals surface area contributed by atoms with E-state index in [0.29, 0.717) is 12.1 Å². The molecule has 4 N–H and O–H groups in total. The number of hydrogen-bond acceptors (Lipinski definition) is 3. The summed E-state index contributed by atoms with van der Waals surface area (Å²) in [5.41, 5.74) is 7.64. The predicted molar refractivity (Wildman–Crippen MR) is 111 cm³/mol. The smallest absolute Gasteiger partial charge is 0.251 e. The average Bonchev–Trinajstić information content (AvgIpc) is 2.70. The Balaban J connectivity index is 0.00000364. The second-order valence-electron chi connectivity index (χ2n) is 6.47. The summed E-state index contributed by atoms with van der Waals surface area (Å²) in [6.07, 6.45) is 0.776. The summed E-state index contributed by atoms with van der Waals surface area (Å²) in [7, 11) is 0. The standard InChI is InChI=1S/C21H27N3O2.ClH/c1-3-15(2)19(24-20(25)17-12-8-5-9-13-17)21(26)23-14-18(22)16-10-6-4-7-11-16;/h4-13,15,18-19H,3,14,22H2,1-2H3,(H,23,26)(H,24,25);1H. The molecule has 0 aliphatic heterocycles. The normalized spacial score (nSPS) is 13.6. The lowest BCUT2D eigenvalue weighted by Gasteiger charge is -2.24.